The summed E-state index contributed by atoms with van der Waals surface area (Å²) in [5, 5.41) is 9.48. The SMILES string of the molecule is C[C@]12C(=O)CC(=O)C=C1CC[C@@H]1[C@@H]2C(=O)C[C@]2(C)[C@@H](C(=O)CO)C(=CCl)C[C@@H]12. The molecule has 5 nitrogen and oxygen atoms in total. The second-order valence-electron chi connectivity index (χ2n) is 9.32. The van der Waals surface area contributed by atoms with Gasteiger partial charge in [0.2, 0.25) is 0 Å². The van der Waals surface area contributed by atoms with Crippen molar-refractivity contribution in [3.63, 3.8) is 0 Å². The number of Topliss-reactive ketones (excluding diaryl/α,β-unsaturated/α-hetero) is 3. The Balaban J connectivity index is 1.80. The van der Waals surface area contributed by atoms with Gasteiger partial charge in [-0.05, 0) is 55.1 Å². The van der Waals surface area contributed by atoms with E-state index in [-0.39, 0.29) is 47.8 Å². The lowest BCUT2D eigenvalue weighted by Gasteiger charge is -2.55. The molecule has 0 bridgehead atoms. The minimum absolute atomic E-state index is 0.00823. The Labute approximate surface area is 169 Å². The van der Waals surface area contributed by atoms with Gasteiger partial charge in [0.05, 0.1) is 11.8 Å². The molecule has 4 aliphatic rings. The zero-order valence-electron chi connectivity index (χ0n) is 16.2. The van der Waals surface area contributed by atoms with Gasteiger partial charge in [-0.2, -0.15) is 0 Å². The standard InChI is InChI=1S/C22H25ClO5/c1-21-8-16(26)20-14(15(21)5-11(9-23)19(21)17(27)10-24)4-3-12-6-13(25)7-18(28)22(12,20)2/h6,9,14-15,19-20,24H,3-5,7-8,10H2,1-2H3/t14-,15-,19+,20+,21-,22+/m0/s1. The highest BCUT2D eigenvalue weighted by molar-refractivity contribution is 6.26. The molecule has 4 rings (SSSR count). The van der Waals surface area contributed by atoms with E-state index in [9.17, 15) is 24.3 Å². The number of halogens is 1. The molecule has 3 saturated carbocycles. The van der Waals surface area contributed by atoms with Crippen molar-refractivity contribution in [1.29, 1.82) is 0 Å². The molecule has 4 aliphatic carbocycles. The van der Waals surface area contributed by atoms with Crippen LogP contribution in [0.5, 0.6) is 0 Å². The maximum atomic E-state index is 13.4. The highest BCUT2D eigenvalue weighted by Crippen LogP contribution is 2.66. The van der Waals surface area contributed by atoms with Gasteiger partial charge in [-0.3, -0.25) is 19.2 Å². The van der Waals surface area contributed by atoms with Gasteiger partial charge in [0.25, 0.3) is 0 Å². The minimum Gasteiger partial charge on any atom is -0.389 e. The molecule has 0 aromatic carbocycles. The van der Waals surface area contributed by atoms with Crippen molar-refractivity contribution in [2.75, 3.05) is 6.61 Å². The second kappa shape index (κ2) is 6.46. The number of fused-ring (bicyclic) bond motifs is 5. The lowest BCUT2D eigenvalue weighted by molar-refractivity contribution is -0.155. The molecular weight excluding hydrogens is 380 g/mol. The van der Waals surface area contributed by atoms with Gasteiger partial charge in [0, 0.05) is 23.8 Å². The van der Waals surface area contributed by atoms with Crippen LogP contribution in [0.4, 0.5) is 0 Å². The average Bonchev–Trinajstić information content (AvgIpc) is 2.94. The van der Waals surface area contributed by atoms with Crippen LogP contribution in [0.3, 0.4) is 0 Å². The minimum atomic E-state index is -0.918. The van der Waals surface area contributed by atoms with Gasteiger partial charge >= 0.3 is 0 Å². The van der Waals surface area contributed by atoms with E-state index in [0.717, 1.165) is 11.1 Å². The first kappa shape index (κ1) is 19.7. The van der Waals surface area contributed by atoms with Crippen LogP contribution in [0, 0.1) is 34.5 Å². The van der Waals surface area contributed by atoms with Crippen molar-refractivity contribution in [2.45, 2.75) is 46.0 Å². The summed E-state index contributed by atoms with van der Waals surface area (Å²) in [6.45, 7) is 3.21. The van der Waals surface area contributed by atoms with Crippen molar-refractivity contribution < 1.29 is 24.3 Å². The first-order valence-electron chi connectivity index (χ1n) is 9.91. The third-order valence-corrected chi connectivity index (χ3v) is 8.36. The Morgan fingerprint density at radius 1 is 1.32 bits per heavy atom. The Morgan fingerprint density at radius 3 is 2.68 bits per heavy atom. The molecule has 0 spiro atoms. The largest absolute Gasteiger partial charge is 0.389 e. The fraction of sp³-hybridized carbons (Fsp3) is 0.636. The van der Waals surface area contributed by atoms with E-state index in [1.165, 1.54) is 5.54 Å². The van der Waals surface area contributed by atoms with Gasteiger partial charge in [-0.15, -0.1) is 0 Å². The van der Waals surface area contributed by atoms with E-state index in [1.807, 2.05) is 13.8 Å². The molecule has 28 heavy (non-hydrogen) atoms. The number of carbonyl (C=O) groups is 4. The molecule has 6 heteroatoms. The lowest BCUT2D eigenvalue weighted by atomic mass is 9.46. The number of hydrogen-bond acceptors (Lipinski definition) is 5. The molecule has 0 heterocycles. The Hall–Kier alpha value is -1.59. The normalized spacial score (nSPS) is 44.1. The number of aliphatic hydroxyl groups excluding tert-OH is 1. The van der Waals surface area contributed by atoms with Crippen molar-refractivity contribution in [2.24, 2.45) is 34.5 Å². The van der Waals surface area contributed by atoms with E-state index in [0.29, 0.717) is 19.3 Å². The molecule has 3 fully saturated rings. The van der Waals surface area contributed by atoms with Gasteiger partial charge < -0.3 is 5.11 Å². The van der Waals surface area contributed by atoms with Gasteiger partial charge in [0.15, 0.2) is 17.3 Å². The Kier molecular flexibility index (Phi) is 4.55. The topological polar surface area (TPSA) is 88.5 Å². The molecule has 150 valence electrons. The lowest BCUT2D eigenvalue weighted by Crippen LogP contribution is -2.58. The molecule has 0 saturated heterocycles. The smallest absolute Gasteiger partial charge is 0.165 e. The average molecular weight is 405 g/mol. The van der Waals surface area contributed by atoms with Crippen molar-refractivity contribution >= 4 is 34.7 Å². The predicted octanol–water partition coefficient (Wildman–Crippen LogP) is 2.79. The maximum absolute atomic E-state index is 13.4. The fourth-order valence-electron chi connectivity index (χ4n) is 6.91. The summed E-state index contributed by atoms with van der Waals surface area (Å²) < 4.78 is 0. The Bertz CT molecular complexity index is 855. The van der Waals surface area contributed by atoms with Gasteiger partial charge in [-0.1, -0.05) is 24.1 Å². The number of aliphatic hydroxyl groups is 1. The summed E-state index contributed by atoms with van der Waals surface area (Å²) in [7, 11) is 0. The summed E-state index contributed by atoms with van der Waals surface area (Å²) in [4.78, 5) is 50.8. The van der Waals surface area contributed by atoms with Crippen LogP contribution < -0.4 is 0 Å². The van der Waals surface area contributed by atoms with Crippen LogP contribution in [-0.2, 0) is 19.2 Å². The summed E-state index contributed by atoms with van der Waals surface area (Å²) >= 11 is 6.04. The molecule has 0 amide bonds. The molecular formula is C22H25ClO5. The van der Waals surface area contributed by atoms with Crippen LogP contribution >= 0.6 is 11.6 Å². The van der Waals surface area contributed by atoms with Gasteiger partial charge in [-0.25, -0.2) is 0 Å². The van der Waals surface area contributed by atoms with E-state index < -0.39 is 29.3 Å². The summed E-state index contributed by atoms with van der Waals surface area (Å²) in [6.07, 6.45) is 3.56. The molecule has 0 aromatic heterocycles. The molecule has 6 atom stereocenters. The quantitative estimate of drug-likeness (QED) is 0.715. The number of carbonyl (C=O) groups excluding carboxylic acids is 4. The highest BCUT2D eigenvalue weighted by atomic mass is 35.5. The maximum Gasteiger partial charge on any atom is 0.165 e. The molecule has 0 aromatic rings. The van der Waals surface area contributed by atoms with E-state index >= 15 is 0 Å². The molecule has 0 radical (unpaired) electrons. The van der Waals surface area contributed by atoms with Crippen molar-refractivity contribution in [1.82, 2.24) is 0 Å². The second-order valence-corrected chi connectivity index (χ2v) is 9.54. The molecule has 1 N–H and O–H groups in total. The first-order chi connectivity index (χ1) is 13.2. The van der Waals surface area contributed by atoms with Crippen LogP contribution in [0.25, 0.3) is 0 Å². The van der Waals surface area contributed by atoms with Gasteiger partial charge in [0.1, 0.15) is 12.4 Å². The number of hydrogen-bond donors (Lipinski definition) is 1. The summed E-state index contributed by atoms with van der Waals surface area (Å²) in [6, 6.07) is 0. The number of allylic oxidation sites excluding steroid dienone is 2. The molecule has 0 aliphatic heterocycles. The van der Waals surface area contributed by atoms with Crippen molar-refractivity contribution in [3.05, 3.63) is 22.8 Å². The van der Waals surface area contributed by atoms with Crippen LogP contribution in [0.2, 0.25) is 0 Å². The zero-order valence-corrected chi connectivity index (χ0v) is 16.9. The zero-order chi connectivity index (χ0) is 20.4. The van der Waals surface area contributed by atoms with E-state index in [2.05, 4.69) is 0 Å². The summed E-state index contributed by atoms with van der Waals surface area (Å²) in [5.74, 6) is -1.64. The Morgan fingerprint density at radius 2 is 2.04 bits per heavy atom. The third-order valence-electron chi connectivity index (χ3n) is 8.08. The van der Waals surface area contributed by atoms with E-state index in [1.54, 1.807) is 6.08 Å². The van der Waals surface area contributed by atoms with Crippen LogP contribution in [0.1, 0.15) is 46.0 Å². The fourth-order valence-corrected chi connectivity index (χ4v) is 7.12. The third kappa shape index (κ3) is 2.42. The van der Waals surface area contributed by atoms with E-state index in [4.69, 9.17) is 11.6 Å². The number of ketones is 4. The van der Waals surface area contributed by atoms with Crippen molar-refractivity contribution in [3.8, 4) is 0 Å². The first-order valence-corrected chi connectivity index (χ1v) is 10.3. The highest BCUT2D eigenvalue weighted by Gasteiger charge is 2.65. The summed E-state index contributed by atoms with van der Waals surface area (Å²) in [5.41, 5.74) is 1.49. The molecule has 0 unspecified atom stereocenters. The number of rotatable bonds is 2. The monoisotopic (exact) mass is 404 g/mol. The van der Waals surface area contributed by atoms with Crippen LogP contribution in [0.15, 0.2) is 22.8 Å². The predicted molar refractivity (Wildman–Crippen MR) is 102 cm³/mol. The van der Waals surface area contributed by atoms with Crippen LogP contribution in [-0.4, -0.2) is 34.8 Å².